The van der Waals surface area contributed by atoms with E-state index in [1.165, 1.54) is 15.6 Å². The molecule has 0 radical (unpaired) electrons. The van der Waals surface area contributed by atoms with Crippen LogP contribution in [0.25, 0.3) is 0 Å². The zero-order chi connectivity index (χ0) is 21.7. The molecule has 30 heavy (non-hydrogen) atoms. The van der Waals surface area contributed by atoms with Crippen LogP contribution >= 0.6 is 0 Å². The van der Waals surface area contributed by atoms with Crippen LogP contribution in [0.1, 0.15) is 39.9 Å². The molecule has 0 saturated heterocycles. The molecule has 3 amide bonds. The largest absolute Gasteiger partial charge is 0.385 e. The van der Waals surface area contributed by atoms with Gasteiger partial charge in [0.05, 0.1) is 6.54 Å². The fourth-order valence-electron chi connectivity index (χ4n) is 3.32. The van der Waals surface area contributed by atoms with Gasteiger partial charge < -0.3 is 20.3 Å². The summed E-state index contributed by atoms with van der Waals surface area (Å²) in [6.07, 6.45) is 0.678. The quantitative estimate of drug-likeness (QED) is 0.623. The second kappa shape index (κ2) is 9.08. The van der Waals surface area contributed by atoms with Crippen molar-refractivity contribution in [3.05, 3.63) is 53.3 Å². The molecular formula is C21H27N5O4. The summed E-state index contributed by atoms with van der Waals surface area (Å²) in [5, 5.41) is 9.92. The summed E-state index contributed by atoms with van der Waals surface area (Å²) in [4.78, 5) is 39.6. The van der Waals surface area contributed by atoms with E-state index in [9.17, 15) is 14.4 Å². The van der Waals surface area contributed by atoms with Gasteiger partial charge in [-0.1, -0.05) is 30.3 Å². The number of carbonyl (C=O) groups is 3. The Kier molecular flexibility index (Phi) is 6.51. The molecule has 9 nitrogen and oxygen atoms in total. The number of ether oxygens (including phenoxy) is 1. The van der Waals surface area contributed by atoms with Crippen molar-refractivity contribution in [1.29, 1.82) is 0 Å². The first-order valence-electron chi connectivity index (χ1n) is 9.82. The first-order valence-corrected chi connectivity index (χ1v) is 9.82. The maximum atomic E-state index is 13.0. The molecule has 2 heterocycles. The molecule has 0 spiro atoms. The third-order valence-corrected chi connectivity index (χ3v) is 5.33. The fraction of sp³-hybridized carbons (Fsp3) is 0.429. The SMILES string of the molecule is COCCCNC(=O)c1cc2n(n1)C[C@@](C)(C(=O)NCc1ccccc1)N(C)C2=O. The van der Waals surface area contributed by atoms with E-state index in [1.807, 2.05) is 30.3 Å². The van der Waals surface area contributed by atoms with Gasteiger partial charge in [-0.15, -0.1) is 0 Å². The van der Waals surface area contributed by atoms with Gasteiger partial charge in [-0.05, 0) is 18.9 Å². The molecule has 2 aromatic rings. The lowest BCUT2D eigenvalue weighted by Crippen LogP contribution is -2.62. The van der Waals surface area contributed by atoms with Crippen LogP contribution in [0.3, 0.4) is 0 Å². The van der Waals surface area contributed by atoms with Gasteiger partial charge in [0.25, 0.3) is 11.8 Å². The molecular weight excluding hydrogens is 386 g/mol. The van der Waals surface area contributed by atoms with Gasteiger partial charge in [0.1, 0.15) is 11.2 Å². The second-order valence-electron chi connectivity index (χ2n) is 7.48. The highest BCUT2D eigenvalue weighted by molar-refractivity contribution is 6.01. The van der Waals surface area contributed by atoms with Crippen LogP contribution < -0.4 is 10.6 Å². The van der Waals surface area contributed by atoms with Crippen LogP contribution in [0, 0.1) is 0 Å². The predicted octanol–water partition coefficient (Wildman–Crippen LogP) is 0.810. The number of aromatic nitrogens is 2. The fourth-order valence-corrected chi connectivity index (χ4v) is 3.32. The Bertz CT molecular complexity index is 927. The summed E-state index contributed by atoms with van der Waals surface area (Å²) >= 11 is 0. The average Bonchev–Trinajstić information content (AvgIpc) is 3.18. The van der Waals surface area contributed by atoms with Crippen LogP contribution in [0.15, 0.2) is 36.4 Å². The molecule has 9 heteroatoms. The normalized spacial score (nSPS) is 18.1. The van der Waals surface area contributed by atoms with Crippen molar-refractivity contribution in [2.75, 3.05) is 27.3 Å². The van der Waals surface area contributed by atoms with Gasteiger partial charge in [-0.3, -0.25) is 19.1 Å². The van der Waals surface area contributed by atoms with E-state index in [0.29, 0.717) is 26.1 Å². The molecule has 160 valence electrons. The van der Waals surface area contributed by atoms with Crippen molar-refractivity contribution in [2.45, 2.75) is 32.0 Å². The number of hydrogen-bond acceptors (Lipinski definition) is 5. The molecule has 1 aromatic heterocycles. The molecule has 1 atom stereocenters. The van der Waals surface area contributed by atoms with Crippen molar-refractivity contribution >= 4 is 17.7 Å². The Labute approximate surface area is 175 Å². The van der Waals surface area contributed by atoms with Gasteiger partial charge >= 0.3 is 0 Å². The number of amides is 3. The Balaban J connectivity index is 1.72. The molecule has 0 aliphatic carbocycles. The maximum Gasteiger partial charge on any atom is 0.272 e. The van der Waals surface area contributed by atoms with Crippen LogP contribution in [0.2, 0.25) is 0 Å². The highest BCUT2D eigenvalue weighted by Gasteiger charge is 2.46. The lowest BCUT2D eigenvalue weighted by atomic mass is 9.96. The highest BCUT2D eigenvalue weighted by Crippen LogP contribution is 2.26. The number of nitrogens with one attached hydrogen (secondary N) is 2. The summed E-state index contributed by atoms with van der Waals surface area (Å²) in [5.74, 6) is -1.00. The highest BCUT2D eigenvalue weighted by atomic mass is 16.5. The zero-order valence-electron chi connectivity index (χ0n) is 17.5. The average molecular weight is 413 g/mol. The van der Waals surface area contributed by atoms with Crippen LogP contribution in [-0.2, 0) is 22.6 Å². The van der Waals surface area contributed by atoms with E-state index in [0.717, 1.165) is 5.56 Å². The standard InChI is InChI=1S/C21H27N5O4/c1-21(20(29)23-13-15-8-5-4-6-9-15)14-26-17(19(28)25(21)2)12-16(24-26)18(27)22-10-7-11-30-3/h4-6,8-9,12H,7,10-11,13-14H2,1-3H3,(H,22,27)(H,23,29)/t21-/m0/s1. The van der Waals surface area contributed by atoms with Crippen LogP contribution in [0.5, 0.6) is 0 Å². The molecule has 1 aliphatic rings. The van der Waals surface area contributed by atoms with E-state index < -0.39 is 5.54 Å². The van der Waals surface area contributed by atoms with E-state index in [-0.39, 0.29) is 35.7 Å². The summed E-state index contributed by atoms with van der Waals surface area (Å²) in [6, 6.07) is 11.0. The molecule has 2 N–H and O–H groups in total. The number of rotatable bonds is 8. The Hall–Kier alpha value is -3.20. The van der Waals surface area contributed by atoms with Crippen molar-refractivity contribution in [2.24, 2.45) is 0 Å². The van der Waals surface area contributed by atoms with E-state index in [2.05, 4.69) is 15.7 Å². The summed E-state index contributed by atoms with van der Waals surface area (Å²) in [7, 11) is 3.19. The number of fused-ring (bicyclic) bond motifs is 1. The van der Waals surface area contributed by atoms with Crippen LogP contribution in [0.4, 0.5) is 0 Å². The van der Waals surface area contributed by atoms with Crippen molar-refractivity contribution in [1.82, 2.24) is 25.3 Å². The molecule has 1 aliphatic heterocycles. The zero-order valence-corrected chi connectivity index (χ0v) is 17.5. The number of nitrogens with zero attached hydrogens (tertiary/aromatic N) is 3. The van der Waals surface area contributed by atoms with E-state index >= 15 is 0 Å². The monoisotopic (exact) mass is 413 g/mol. The van der Waals surface area contributed by atoms with Crippen molar-refractivity contribution in [3.8, 4) is 0 Å². The minimum atomic E-state index is -1.13. The lowest BCUT2D eigenvalue weighted by Gasteiger charge is -2.40. The lowest BCUT2D eigenvalue weighted by molar-refractivity contribution is -0.132. The van der Waals surface area contributed by atoms with Gasteiger partial charge in [-0.25, -0.2) is 0 Å². The molecule has 0 fully saturated rings. The molecule has 1 aromatic carbocycles. The number of likely N-dealkylation sites (N-methyl/N-ethyl adjacent to an activating group) is 1. The molecule has 3 rings (SSSR count). The maximum absolute atomic E-state index is 13.0. The number of methoxy groups -OCH3 is 1. The Morgan fingerprint density at radius 1 is 1.23 bits per heavy atom. The molecule has 0 saturated carbocycles. The van der Waals surface area contributed by atoms with Gasteiger partial charge in [0.15, 0.2) is 5.69 Å². The van der Waals surface area contributed by atoms with Crippen molar-refractivity contribution < 1.29 is 19.1 Å². The van der Waals surface area contributed by atoms with Gasteiger partial charge in [0, 0.05) is 39.9 Å². The van der Waals surface area contributed by atoms with Gasteiger partial charge in [-0.2, -0.15) is 5.10 Å². The molecule has 0 unspecified atom stereocenters. The third kappa shape index (κ3) is 4.35. The first kappa shape index (κ1) is 21.5. The number of hydrogen-bond donors (Lipinski definition) is 2. The Morgan fingerprint density at radius 3 is 2.67 bits per heavy atom. The van der Waals surface area contributed by atoms with E-state index in [4.69, 9.17) is 4.74 Å². The van der Waals surface area contributed by atoms with Gasteiger partial charge in [0.2, 0.25) is 5.91 Å². The van der Waals surface area contributed by atoms with Crippen molar-refractivity contribution in [3.63, 3.8) is 0 Å². The minimum Gasteiger partial charge on any atom is -0.385 e. The minimum absolute atomic E-state index is 0.151. The summed E-state index contributed by atoms with van der Waals surface area (Å²) in [5.41, 5.74) is 0.273. The predicted molar refractivity (Wildman–Crippen MR) is 110 cm³/mol. The summed E-state index contributed by atoms with van der Waals surface area (Å²) in [6.45, 7) is 3.20. The molecule has 0 bridgehead atoms. The smallest absolute Gasteiger partial charge is 0.272 e. The van der Waals surface area contributed by atoms with Crippen LogP contribution in [-0.4, -0.2) is 65.2 Å². The van der Waals surface area contributed by atoms with E-state index in [1.54, 1.807) is 21.1 Å². The summed E-state index contributed by atoms with van der Waals surface area (Å²) < 4.78 is 6.39. The second-order valence-corrected chi connectivity index (χ2v) is 7.48. The first-order chi connectivity index (χ1) is 14.4. The number of benzene rings is 1. The topological polar surface area (TPSA) is 106 Å². The third-order valence-electron chi connectivity index (χ3n) is 5.33. The number of carbonyl (C=O) groups excluding carboxylic acids is 3. The Morgan fingerprint density at radius 2 is 1.97 bits per heavy atom.